The van der Waals surface area contributed by atoms with Crippen LogP contribution in [0.1, 0.15) is 37.7 Å². The van der Waals surface area contributed by atoms with Gasteiger partial charge in [0.15, 0.2) is 0 Å². The second-order valence-electron chi connectivity index (χ2n) is 5.76. The van der Waals surface area contributed by atoms with Crippen molar-refractivity contribution in [2.75, 3.05) is 7.05 Å². The number of hydrogen-bond donors (Lipinski definition) is 0. The maximum Gasteiger partial charge on any atom is 0.573 e. The van der Waals surface area contributed by atoms with Crippen molar-refractivity contribution in [1.82, 2.24) is 4.90 Å². The van der Waals surface area contributed by atoms with Crippen LogP contribution in [0.3, 0.4) is 0 Å². The Hall–Kier alpha value is -1.72. The Morgan fingerprint density at radius 2 is 1.91 bits per heavy atom. The van der Waals surface area contributed by atoms with E-state index in [1.54, 1.807) is 19.2 Å². The summed E-state index contributed by atoms with van der Waals surface area (Å²) in [6.07, 6.45) is 0.176. The molecule has 1 saturated carbocycles. The number of amides is 1. The summed E-state index contributed by atoms with van der Waals surface area (Å²) in [5, 5.41) is 0. The molecule has 3 nitrogen and oxygen atoms in total. The third kappa shape index (κ3) is 4.93. The van der Waals surface area contributed by atoms with Crippen molar-refractivity contribution in [3.8, 4) is 5.75 Å². The maximum absolute atomic E-state index is 12.4. The van der Waals surface area contributed by atoms with Crippen LogP contribution in [-0.4, -0.2) is 24.2 Å². The Morgan fingerprint density at radius 3 is 2.55 bits per heavy atom. The molecule has 1 aliphatic carbocycles. The summed E-state index contributed by atoms with van der Waals surface area (Å²) >= 11 is 0. The lowest BCUT2D eigenvalue weighted by Crippen LogP contribution is -2.28. The van der Waals surface area contributed by atoms with Gasteiger partial charge in [0.2, 0.25) is 5.91 Å². The first-order valence-corrected chi connectivity index (χ1v) is 7.43. The van der Waals surface area contributed by atoms with Crippen molar-refractivity contribution >= 4 is 5.91 Å². The molecule has 0 radical (unpaired) electrons. The first-order valence-electron chi connectivity index (χ1n) is 7.43. The molecule has 0 heterocycles. The summed E-state index contributed by atoms with van der Waals surface area (Å²) in [7, 11) is 1.61. The van der Waals surface area contributed by atoms with Gasteiger partial charge in [-0.2, -0.15) is 0 Å². The van der Waals surface area contributed by atoms with Crippen molar-refractivity contribution in [3.63, 3.8) is 0 Å². The summed E-state index contributed by atoms with van der Waals surface area (Å²) in [4.78, 5) is 13.6. The fraction of sp³-hybridized carbons (Fsp3) is 0.562. The standard InChI is InChI=1S/C16H20F3NO2/c1-20(15(21)10-12-6-2-3-7-12)11-13-8-4-5-9-14(13)22-16(17,18)19/h4-5,8-9,12H,2-3,6-7,10-11H2,1H3. The number of alkyl halides is 3. The van der Waals surface area contributed by atoms with E-state index in [-0.39, 0.29) is 18.2 Å². The molecule has 122 valence electrons. The van der Waals surface area contributed by atoms with Gasteiger partial charge in [0.1, 0.15) is 5.75 Å². The number of ether oxygens (including phenoxy) is 1. The van der Waals surface area contributed by atoms with E-state index in [1.807, 2.05) is 0 Å². The lowest BCUT2D eigenvalue weighted by atomic mass is 10.0. The van der Waals surface area contributed by atoms with Crippen LogP contribution < -0.4 is 4.74 Å². The van der Waals surface area contributed by atoms with Gasteiger partial charge in [-0.25, -0.2) is 0 Å². The summed E-state index contributed by atoms with van der Waals surface area (Å²) in [5.74, 6) is 0.126. The average Bonchev–Trinajstić information content (AvgIpc) is 2.92. The van der Waals surface area contributed by atoms with Gasteiger partial charge in [0.25, 0.3) is 0 Å². The minimum Gasteiger partial charge on any atom is -0.405 e. The van der Waals surface area contributed by atoms with Gasteiger partial charge in [-0.3, -0.25) is 4.79 Å². The molecule has 0 unspecified atom stereocenters. The van der Waals surface area contributed by atoms with Crippen LogP contribution >= 0.6 is 0 Å². The lowest BCUT2D eigenvalue weighted by Gasteiger charge is -2.21. The van der Waals surface area contributed by atoms with Crippen LogP contribution in [0.25, 0.3) is 0 Å². The van der Waals surface area contributed by atoms with Crippen LogP contribution in [0.5, 0.6) is 5.75 Å². The zero-order valence-corrected chi connectivity index (χ0v) is 12.5. The minimum absolute atomic E-state index is 0.0336. The number of nitrogens with zero attached hydrogens (tertiary/aromatic N) is 1. The fourth-order valence-corrected chi connectivity index (χ4v) is 2.82. The second-order valence-corrected chi connectivity index (χ2v) is 5.76. The van der Waals surface area contributed by atoms with Gasteiger partial charge < -0.3 is 9.64 Å². The highest BCUT2D eigenvalue weighted by Crippen LogP contribution is 2.29. The summed E-state index contributed by atoms with van der Waals surface area (Å²) in [6.45, 7) is 0.109. The summed E-state index contributed by atoms with van der Waals surface area (Å²) in [6, 6.07) is 5.91. The number of para-hydroxylation sites is 1. The third-order valence-corrected chi connectivity index (χ3v) is 3.97. The Kier molecular flexibility index (Phi) is 5.32. The Labute approximate surface area is 128 Å². The molecule has 0 atom stereocenters. The highest BCUT2D eigenvalue weighted by molar-refractivity contribution is 5.76. The van der Waals surface area contributed by atoms with E-state index in [9.17, 15) is 18.0 Å². The van der Waals surface area contributed by atoms with Crippen molar-refractivity contribution in [1.29, 1.82) is 0 Å². The molecule has 0 bridgehead atoms. The number of rotatable bonds is 5. The molecule has 1 aromatic carbocycles. The summed E-state index contributed by atoms with van der Waals surface area (Å²) < 4.78 is 41.2. The topological polar surface area (TPSA) is 29.5 Å². The van der Waals surface area contributed by atoms with E-state index in [0.29, 0.717) is 17.9 Å². The molecule has 0 aromatic heterocycles. The number of carbonyl (C=O) groups is 1. The van der Waals surface area contributed by atoms with Gasteiger partial charge >= 0.3 is 6.36 Å². The first kappa shape index (κ1) is 16.6. The fourth-order valence-electron chi connectivity index (χ4n) is 2.82. The number of hydrogen-bond acceptors (Lipinski definition) is 2. The normalized spacial score (nSPS) is 15.8. The summed E-state index contributed by atoms with van der Waals surface area (Å²) in [5.41, 5.74) is 0.349. The SMILES string of the molecule is CN(Cc1ccccc1OC(F)(F)F)C(=O)CC1CCCC1. The number of benzene rings is 1. The van der Waals surface area contributed by atoms with E-state index >= 15 is 0 Å². The van der Waals surface area contributed by atoms with Crippen LogP contribution in [0, 0.1) is 5.92 Å². The van der Waals surface area contributed by atoms with E-state index in [2.05, 4.69) is 4.74 Å². The van der Waals surface area contributed by atoms with Gasteiger partial charge in [0, 0.05) is 25.6 Å². The van der Waals surface area contributed by atoms with Gasteiger partial charge in [0.05, 0.1) is 0 Å². The van der Waals surface area contributed by atoms with Crippen LogP contribution in [-0.2, 0) is 11.3 Å². The zero-order valence-electron chi connectivity index (χ0n) is 12.5. The third-order valence-electron chi connectivity index (χ3n) is 3.97. The molecule has 22 heavy (non-hydrogen) atoms. The zero-order chi connectivity index (χ0) is 16.2. The largest absolute Gasteiger partial charge is 0.573 e. The maximum atomic E-state index is 12.4. The molecule has 1 aromatic rings. The number of carbonyl (C=O) groups excluding carboxylic acids is 1. The molecular formula is C16H20F3NO2. The molecule has 6 heteroatoms. The Balaban J connectivity index is 1.98. The molecule has 1 aliphatic rings. The molecule has 1 amide bonds. The van der Waals surface area contributed by atoms with E-state index in [4.69, 9.17) is 0 Å². The van der Waals surface area contributed by atoms with E-state index < -0.39 is 6.36 Å². The highest BCUT2D eigenvalue weighted by Gasteiger charge is 2.32. The first-order chi connectivity index (χ1) is 10.3. The Bertz CT molecular complexity index is 510. The van der Waals surface area contributed by atoms with Gasteiger partial charge in [-0.15, -0.1) is 13.2 Å². The van der Waals surface area contributed by atoms with E-state index in [1.165, 1.54) is 17.0 Å². The highest BCUT2D eigenvalue weighted by atomic mass is 19.4. The molecule has 1 fully saturated rings. The van der Waals surface area contributed by atoms with Crippen molar-refractivity contribution in [2.45, 2.75) is 45.0 Å². The van der Waals surface area contributed by atoms with Gasteiger partial charge in [-0.1, -0.05) is 31.0 Å². The molecule has 0 aliphatic heterocycles. The second kappa shape index (κ2) is 7.03. The van der Waals surface area contributed by atoms with Crippen molar-refractivity contribution < 1.29 is 22.7 Å². The average molecular weight is 315 g/mol. The van der Waals surface area contributed by atoms with Crippen LogP contribution in [0.15, 0.2) is 24.3 Å². The molecule has 0 spiro atoms. The quantitative estimate of drug-likeness (QED) is 0.818. The monoisotopic (exact) mass is 315 g/mol. The predicted molar refractivity (Wildman–Crippen MR) is 76.2 cm³/mol. The van der Waals surface area contributed by atoms with Crippen molar-refractivity contribution in [3.05, 3.63) is 29.8 Å². The predicted octanol–water partition coefficient (Wildman–Crippen LogP) is 4.12. The Morgan fingerprint density at radius 1 is 1.27 bits per heavy atom. The van der Waals surface area contributed by atoms with Crippen molar-refractivity contribution in [2.24, 2.45) is 5.92 Å². The van der Waals surface area contributed by atoms with Gasteiger partial charge in [-0.05, 0) is 24.8 Å². The lowest BCUT2D eigenvalue weighted by molar-refractivity contribution is -0.275. The van der Waals surface area contributed by atoms with Crippen LogP contribution in [0.2, 0.25) is 0 Å². The molecule has 0 N–H and O–H groups in total. The van der Waals surface area contributed by atoms with Crippen LogP contribution in [0.4, 0.5) is 13.2 Å². The minimum atomic E-state index is -4.73. The number of halogens is 3. The molecule has 2 rings (SSSR count). The smallest absolute Gasteiger partial charge is 0.405 e. The molecule has 0 saturated heterocycles. The molecular weight excluding hydrogens is 295 g/mol. The van der Waals surface area contributed by atoms with E-state index in [0.717, 1.165) is 25.7 Å².